The molecule has 0 aliphatic carbocycles. The lowest BCUT2D eigenvalue weighted by Crippen LogP contribution is -2.26. The first-order valence-corrected chi connectivity index (χ1v) is 7.43. The summed E-state index contributed by atoms with van der Waals surface area (Å²) in [6.45, 7) is 2.88. The van der Waals surface area contributed by atoms with E-state index in [-0.39, 0.29) is 5.91 Å². The molecule has 0 heterocycles. The molecule has 0 aromatic heterocycles. The van der Waals surface area contributed by atoms with Gasteiger partial charge >= 0.3 is 0 Å². The van der Waals surface area contributed by atoms with Gasteiger partial charge in [-0.2, -0.15) is 0 Å². The van der Waals surface area contributed by atoms with Gasteiger partial charge in [0.1, 0.15) is 12.4 Å². The molecule has 0 saturated heterocycles. The number of rotatable bonds is 6. The summed E-state index contributed by atoms with van der Waals surface area (Å²) in [6.07, 6.45) is 3.16. The van der Waals surface area contributed by atoms with E-state index in [1.807, 2.05) is 49.4 Å². The topological polar surface area (TPSA) is 38.3 Å². The maximum Gasteiger partial charge on any atom is 0.244 e. The summed E-state index contributed by atoms with van der Waals surface area (Å²) in [4.78, 5) is 11.7. The fourth-order valence-electron chi connectivity index (χ4n) is 1.88. The zero-order valence-electron chi connectivity index (χ0n) is 12.4. The van der Waals surface area contributed by atoms with Gasteiger partial charge in [-0.3, -0.25) is 4.79 Å². The van der Waals surface area contributed by atoms with Crippen LogP contribution in [0.1, 0.15) is 11.1 Å². The van der Waals surface area contributed by atoms with Crippen molar-refractivity contribution in [2.75, 3.05) is 13.2 Å². The summed E-state index contributed by atoms with van der Waals surface area (Å²) < 4.78 is 5.56. The molecule has 2 aromatic rings. The van der Waals surface area contributed by atoms with Gasteiger partial charge in [0.25, 0.3) is 0 Å². The number of ether oxygens (including phenoxy) is 1. The van der Waals surface area contributed by atoms with Crippen molar-refractivity contribution < 1.29 is 9.53 Å². The number of carbonyl (C=O) groups is 1. The van der Waals surface area contributed by atoms with Crippen molar-refractivity contribution >= 4 is 23.6 Å². The minimum absolute atomic E-state index is 0.173. The molecule has 0 unspecified atom stereocenters. The molecule has 114 valence electrons. The van der Waals surface area contributed by atoms with Gasteiger partial charge in [-0.25, -0.2) is 0 Å². The average molecular weight is 316 g/mol. The van der Waals surface area contributed by atoms with E-state index < -0.39 is 0 Å². The molecule has 3 nitrogen and oxygen atoms in total. The molecule has 1 amide bonds. The third-order valence-electron chi connectivity index (χ3n) is 2.98. The highest BCUT2D eigenvalue weighted by molar-refractivity contribution is 6.32. The van der Waals surface area contributed by atoms with Crippen LogP contribution in [0.5, 0.6) is 5.75 Å². The Morgan fingerprint density at radius 2 is 2.05 bits per heavy atom. The van der Waals surface area contributed by atoms with Crippen LogP contribution in [0.2, 0.25) is 5.02 Å². The Morgan fingerprint density at radius 1 is 1.23 bits per heavy atom. The van der Waals surface area contributed by atoms with E-state index in [0.29, 0.717) is 18.2 Å². The van der Waals surface area contributed by atoms with Crippen LogP contribution in [0.3, 0.4) is 0 Å². The van der Waals surface area contributed by atoms with Crippen LogP contribution in [-0.2, 0) is 4.79 Å². The first-order chi connectivity index (χ1) is 10.6. The SMILES string of the molecule is Cc1cccc(OCCNC(=O)/C=C/c2ccccc2Cl)c1. The number of aryl methyl sites for hydroxylation is 1. The van der Waals surface area contributed by atoms with Crippen molar-refractivity contribution in [2.45, 2.75) is 6.92 Å². The molecule has 0 aliphatic heterocycles. The lowest BCUT2D eigenvalue weighted by molar-refractivity contribution is -0.116. The maximum absolute atomic E-state index is 11.7. The number of carbonyl (C=O) groups excluding carboxylic acids is 1. The number of benzene rings is 2. The second-order valence-electron chi connectivity index (χ2n) is 4.81. The van der Waals surface area contributed by atoms with Crippen molar-refractivity contribution in [3.8, 4) is 5.75 Å². The van der Waals surface area contributed by atoms with Crippen LogP contribution in [0.4, 0.5) is 0 Å². The van der Waals surface area contributed by atoms with Crippen molar-refractivity contribution in [3.63, 3.8) is 0 Å². The van der Waals surface area contributed by atoms with Gasteiger partial charge in [-0.05, 0) is 42.3 Å². The normalized spacial score (nSPS) is 10.6. The molecule has 0 fully saturated rings. The molecule has 1 N–H and O–H groups in total. The summed E-state index contributed by atoms with van der Waals surface area (Å²) in [5, 5.41) is 3.38. The van der Waals surface area contributed by atoms with Gasteiger partial charge in [0.2, 0.25) is 5.91 Å². The van der Waals surface area contributed by atoms with Gasteiger partial charge in [-0.15, -0.1) is 0 Å². The van der Waals surface area contributed by atoms with Crippen molar-refractivity contribution in [1.29, 1.82) is 0 Å². The van der Waals surface area contributed by atoms with Gasteiger partial charge < -0.3 is 10.1 Å². The van der Waals surface area contributed by atoms with Crippen molar-refractivity contribution in [2.24, 2.45) is 0 Å². The number of hydrogen-bond acceptors (Lipinski definition) is 2. The van der Waals surface area contributed by atoms with E-state index in [4.69, 9.17) is 16.3 Å². The Bertz CT molecular complexity index is 668. The Balaban J connectivity index is 1.73. The summed E-state index contributed by atoms with van der Waals surface area (Å²) in [7, 11) is 0. The second-order valence-corrected chi connectivity index (χ2v) is 5.22. The first-order valence-electron chi connectivity index (χ1n) is 7.05. The van der Waals surface area contributed by atoms with E-state index >= 15 is 0 Å². The third-order valence-corrected chi connectivity index (χ3v) is 3.32. The highest BCUT2D eigenvalue weighted by Gasteiger charge is 1.98. The molecule has 0 saturated carbocycles. The quantitative estimate of drug-likeness (QED) is 0.649. The van der Waals surface area contributed by atoms with E-state index in [9.17, 15) is 4.79 Å². The van der Waals surface area contributed by atoms with Crippen molar-refractivity contribution in [3.05, 3.63) is 70.8 Å². The summed E-state index contributed by atoms with van der Waals surface area (Å²) in [5.41, 5.74) is 1.96. The standard InChI is InChI=1S/C18H18ClNO2/c1-14-5-4-7-16(13-14)22-12-11-20-18(21)10-9-15-6-2-3-8-17(15)19/h2-10,13H,11-12H2,1H3,(H,20,21)/b10-9+. The second kappa shape index (κ2) is 8.25. The van der Waals surface area contributed by atoms with Gasteiger partial charge in [-0.1, -0.05) is 41.9 Å². The predicted molar refractivity (Wildman–Crippen MR) is 90.2 cm³/mol. The lowest BCUT2D eigenvalue weighted by Gasteiger charge is -2.07. The Morgan fingerprint density at radius 3 is 2.82 bits per heavy atom. The molecule has 4 heteroatoms. The number of nitrogens with one attached hydrogen (secondary N) is 1. The average Bonchev–Trinajstić information content (AvgIpc) is 2.51. The van der Waals surface area contributed by atoms with E-state index in [1.54, 1.807) is 12.1 Å². The monoisotopic (exact) mass is 315 g/mol. The summed E-state index contributed by atoms with van der Waals surface area (Å²) in [5.74, 6) is 0.633. The fourth-order valence-corrected chi connectivity index (χ4v) is 2.08. The van der Waals surface area contributed by atoms with E-state index in [2.05, 4.69) is 5.32 Å². The van der Waals surface area contributed by atoms with Crippen LogP contribution < -0.4 is 10.1 Å². The highest BCUT2D eigenvalue weighted by Crippen LogP contribution is 2.16. The first kappa shape index (κ1) is 16.1. The van der Waals surface area contributed by atoms with Crippen LogP contribution in [0.15, 0.2) is 54.6 Å². The molecule has 0 spiro atoms. The van der Waals surface area contributed by atoms with Crippen LogP contribution in [0, 0.1) is 6.92 Å². The molecule has 22 heavy (non-hydrogen) atoms. The Kier molecular flexibility index (Phi) is 6.04. The van der Waals surface area contributed by atoms with Crippen LogP contribution >= 0.6 is 11.6 Å². The molecule has 2 aromatic carbocycles. The van der Waals surface area contributed by atoms with Gasteiger partial charge in [0, 0.05) is 11.1 Å². The minimum atomic E-state index is -0.173. The molecule has 2 rings (SSSR count). The fraction of sp³-hybridized carbons (Fsp3) is 0.167. The molecule has 0 radical (unpaired) electrons. The number of hydrogen-bond donors (Lipinski definition) is 1. The molecular weight excluding hydrogens is 298 g/mol. The molecular formula is C18H18ClNO2. The molecule has 0 bridgehead atoms. The largest absolute Gasteiger partial charge is 0.492 e. The van der Waals surface area contributed by atoms with E-state index in [0.717, 1.165) is 16.9 Å². The summed E-state index contributed by atoms with van der Waals surface area (Å²) >= 11 is 6.01. The third kappa shape index (κ3) is 5.26. The van der Waals surface area contributed by atoms with Gasteiger partial charge in [0.15, 0.2) is 0 Å². The lowest BCUT2D eigenvalue weighted by atomic mass is 10.2. The van der Waals surface area contributed by atoms with Gasteiger partial charge in [0.05, 0.1) is 6.54 Å². The minimum Gasteiger partial charge on any atom is -0.492 e. The van der Waals surface area contributed by atoms with Crippen molar-refractivity contribution in [1.82, 2.24) is 5.32 Å². The smallest absolute Gasteiger partial charge is 0.244 e. The molecule has 0 aliphatic rings. The highest BCUT2D eigenvalue weighted by atomic mass is 35.5. The predicted octanol–water partition coefficient (Wildman–Crippen LogP) is 3.86. The van der Waals surface area contributed by atoms with Crippen LogP contribution in [-0.4, -0.2) is 19.1 Å². The Hall–Kier alpha value is -2.26. The number of amides is 1. The van der Waals surface area contributed by atoms with Crippen LogP contribution in [0.25, 0.3) is 6.08 Å². The zero-order chi connectivity index (χ0) is 15.8. The van der Waals surface area contributed by atoms with E-state index in [1.165, 1.54) is 6.08 Å². The summed E-state index contributed by atoms with van der Waals surface area (Å²) in [6, 6.07) is 15.2. The zero-order valence-corrected chi connectivity index (χ0v) is 13.1. The number of halogens is 1. The maximum atomic E-state index is 11.7. The molecule has 0 atom stereocenters. The Labute approximate surface area is 135 Å².